The summed E-state index contributed by atoms with van der Waals surface area (Å²) in [5.74, 6) is -0.606. The molecule has 0 aliphatic rings. The molecular weight excluding hydrogens is 322 g/mol. The van der Waals surface area contributed by atoms with Crippen LogP contribution in [-0.2, 0) is 11.2 Å². The zero-order valence-electron chi connectivity index (χ0n) is 14.4. The molecule has 0 bridgehead atoms. The minimum atomic E-state index is -1.06. The first kappa shape index (κ1) is 18.3. The lowest BCUT2D eigenvalue weighted by Gasteiger charge is -2.25. The summed E-state index contributed by atoms with van der Waals surface area (Å²) in [5.41, 5.74) is 1.13. The third-order valence-electron chi connectivity index (χ3n) is 3.98. The highest BCUT2D eigenvalue weighted by Gasteiger charge is 2.29. The number of hydrogen-bond donors (Lipinski definition) is 1. The molecule has 0 saturated heterocycles. The topological polar surface area (TPSA) is 76.1 Å². The number of ether oxygens (including phenoxy) is 2. The maximum absolute atomic E-state index is 12.8. The van der Waals surface area contributed by atoms with E-state index in [0.29, 0.717) is 11.5 Å². The Morgan fingerprint density at radius 1 is 1.08 bits per heavy atom. The van der Waals surface area contributed by atoms with Gasteiger partial charge in [0.1, 0.15) is 17.5 Å². The lowest BCUT2D eigenvalue weighted by molar-refractivity contribution is -0.141. The van der Waals surface area contributed by atoms with Gasteiger partial charge in [0.25, 0.3) is 5.91 Å². The highest BCUT2D eigenvalue weighted by Crippen LogP contribution is 2.26. The fourth-order valence-electron chi connectivity index (χ4n) is 2.53. The summed E-state index contributed by atoms with van der Waals surface area (Å²) >= 11 is 0. The minimum absolute atomic E-state index is 0.219. The van der Waals surface area contributed by atoms with Gasteiger partial charge in [0.15, 0.2) is 0 Å². The Balaban J connectivity index is 2.28. The average molecular weight is 343 g/mol. The van der Waals surface area contributed by atoms with Crippen molar-refractivity contribution in [3.63, 3.8) is 0 Å². The molecule has 6 nitrogen and oxygen atoms in total. The first-order chi connectivity index (χ1) is 12.0. The summed E-state index contributed by atoms with van der Waals surface area (Å²) in [7, 11) is 4.45. The second-order valence-electron chi connectivity index (χ2n) is 5.53. The summed E-state index contributed by atoms with van der Waals surface area (Å²) < 4.78 is 10.4. The Bertz CT molecular complexity index is 745. The zero-order valence-corrected chi connectivity index (χ0v) is 14.4. The first-order valence-electron chi connectivity index (χ1n) is 7.73. The normalized spacial score (nSPS) is 11.5. The maximum atomic E-state index is 12.8. The van der Waals surface area contributed by atoms with Crippen LogP contribution in [0.2, 0.25) is 0 Å². The number of carbonyl (C=O) groups is 2. The van der Waals surface area contributed by atoms with Crippen molar-refractivity contribution in [1.82, 2.24) is 4.90 Å². The smallest absolute Gasteiger partial charge is 0.326 e. The third kappa shape index (κ3) is 4.29. The number of benzene rings is 2. The largest absolute Gasteiger partial charge is 0.497 e. The summed E-state index contributed by atoms with van der Waals surface area (Å²) in [6.45, 7) is 0. The summed E-state index contributed by atoms with van der Waals surface area (Å²) in [4.78, 5) is 25.7. The van der Waals surface area contributed by atoms with Crippen LogP contribution >= 0.6 is 0 Å². The molecular formula is C19H21NO5. The Hall–Kier alpha value is -3.02. The Kier molecular flexibility index (Phi) is 6.00. The van der Waals surface area contributed by atoms with Crippen LogP contribution in [0.5, 0.6) is 11.5 Å². The van der Waals surface area contributed by atoms with Gasteiger partial charge in [-0.25, -0.2) is 4.79 Å². The third-order valence-corrected chi connectivity index (χ3v) is 3.98. The van der Waals surface area contributed by atoms with Gasteiger partial charge in [0.05, 0.1) is 19.8 Å². The number of nitrogens with zero attached hydrogens (tertiary/aromatic N) is 1. The van der Waals surface area contributed by atoms with Crippen LogP contribution in [0.15, 0.2) is 48.5 Å². The molecule has 1 N–H and O–H groups in total. The van der Waals surface area contributed by atoms with E-state index < -0.39 is 17.9 Å². The first-order valence-corrected chi connectivity index (χ1v) is 7.73. The number of methoxy groups -OCH3 is 2. The Morgan fingerprint density at radius 2 is 1.76 bits per heavy atom. The quantitative estimate of drug-likeness (QED) is 0.836. The van der Waals surface area contributed by atoms with E-state index in [2.05, 4.69) is 0 Å². The number of hydrogen-bond acceptors (Lipinski definition) is 4. The second kappa shape index (κ2) is 8.19. The van der Waals surface area contributed by atoms with Crippen molar-refractivity contribution < 1.29 is 24.2 Å². The molecule has 2 aromatic carbocycles. The fourth-order valence-corrected chi connectivity index (χ4v) is 2.53. The number of carbonyl (C=O) groups excluding carboxylic acids is 1. The molecule has 0 aromatic heterocycles. The van der Waals surface area contributed by atoms with Gasteiger partial charge < -0.3 is 19.5 Å². The van der Waals surface area contributed by atoms with Crippen molar-refractivity contribution in [2.24, 2.45) is 0 Å². The molecule has 0 saturated carbocycles. The monoisotopic (exact) mass is 343 g/mol. The van der Waals surface area contributed by atoms with E-state index in [0.717, 1.165) is 5.56 Å². The molecule has 1 unspecified atom stereocenters. The van der Waals surface area contributed by atoms with Crippen molar-refractivity contribution in [3.8, 4) is 11.5 Å². The number of amides is 1. The molecule has 1 atom stereocenters. The van der Waals surface area contributed by atoms with E-state index in [1.165, 1.54) is 26.2 Å². The molecule has 0 aliphatic heterocycles. The summed E-state index contributed by atoms with van der Waals surface area (Å²) in [6, 6.07) is 13.0. The van der Waals surface area contributed by atoms with Gasteiger partial charge in [-0.15, -0.1) is 0 Å². The number of carboxylic acid groups (broad SMARTS) is 1. The van der Waals surface area contributed by atoms with E-state index in [1.807, 2.05) is 30.3 Å². The van der Waals surface area contributed by atoms with Crippen molar-refractivity contribution in [2.45, 2.75) is 12.5 Å². The van der Waals surface area contributed by atoms with E-state index in [-0.39, 0.29) is 12.0 Å². The molecule has 132 valence electrons. The van der Waals surface area contributed by atoms with Crippen LogP contribution in [0, 0.1) is 0 Å². The molecule has 0 radical (unpaired) electrons. The van der Waals surface area contributed by atoms with Crippen LogP contribution in [0.4, 0.5) is 0 Å². The van der Waals surface area contributed by atoms with Gasteiger partial charge in [0, 0.05) is 19.5 Å². The van der Waals surface area contributed by atoms with Crippen molar-refractivity contribution in [2.75, 3.05) is 21.3 Å². The van der Waals surface area contributed by atoms with E-state index >= 15 is 0 Å². The molecule has 2 aromatic rings. The van der Waals surface area contributed by atoms with E-state index in [1.54, 1.807) is 18.2 Å². The van der Waals surface area contributed by atoms with Gasteiger partial charge in [-0.1, -0.05) is 30.3 Å². The average Bonchev–Trinajstić information content (AvgIpc) is 2.65. The van der Waals surface area contributed by atoms with Crippen molar-refractivity contribution >= 4 is 11.9 Å². The van der Waals surface area contributed by atoms with Crippen LogP contribution in [0.25, 0.3) is 0 Å². The molecule has 25 heavy (non-hydrogen) atoms. The van der Waals surface area contributed by atoms with Gasteiger partial charge >= 0.3 is 5.97 Å². The lowest BCUT2D eigenvalue weighted by atomic mass is 10.0. The summed E-state index contributed by atoms with van der Waals surface area (Å²) in [6.07, 6.45) is 0.219. The molecule has 6 heteroatoms. The standard InChI is InChI=1S/C19H21NO5/c1-20(16(19(22)23)11-13-7-5-4-6-8-13)18(21)15-10-9-14(24-2)12-17(15)25-3/h4-10,12,16H,11H2,1-3H3,(H,22,23). The molecule has 0 aliphatic carbocycles. The molecule has 1 amide bonds. The number of likely N-dealkylation sites (N-methyl/N-ethyl adjacent to an activating group) is 1. The van der Waals surface area contributed by atoms with Crippen LogP contribution in [0.1, 0.15) is 15.9 Å². The van der Waals surface area contributed by atoms with Crippen molar-refractivity contribution in [3.05, 3.63) is 59.7 Å². The van der Waals surface area contributed by atoms with Gasteiger partial charge in [0.2, 0.25) is 0 Å². The SMILES string of the molecule is COc1ccc(C(=O)N(C)C(Cc2ccccc2)C(=O)O)c(OC)c1. The van der Waals surface area contributed by atoms with E-state index in [4.69, 9.17) is 9.47 Å². The lowest BCUT2D eigenvalue weighted by Crippen LogP contribution is -2.44. The number of aliphatic carboxylic acids is 1. The Morgan fingerprint density at radius 3 is 2.32 bits per heavy atom. The maximum Gasteiger partial charge on any atom is 0.326 e. The van der Waals surface area contributed by atoms with Gasteiger partial charge in [-0.05, 0) is 17.7 Å². The summed E-state index contributed by atoms with van der Waals surface area (Å²) in [5, 5.41) is 9.56. The Labute approximate surface area is 146 Å². The second-order valence-corrected chi connectivity index (χ2v) is 5.53. The highest BCUT2D eigenvalue weighted by atomic mass is 16.5. The van der Waals surface area contributed by atoms with E-state index in [9.17, 15) is 14.7 Å². The molecule has 2 rings (SSSR count). The fraction of sp³-hybridized carbons (Fsp3) is 0.263. The predicted octanol–water partition coefficient (Wildman–Crippen LogP) is 2.47. The van der Waals surface area contributed by atoms with Crippen LogP contribution in [-0.4, -0.2) is 49.2 Å². The van der Waals surface area contributed by atoms with Gasteiger partial charge in [-0.3, -0.25) is 4.79 Å². The van der Waals surface area contributed by atoms with Crippen molar-refractivity contribution in [1.29, 1.82) is 0 Å². The zero-order chi connectivity index (χ0) is 18.4. The number of rotatable bonds is 7. The highest BCUT2D eigenvalue weighted by molar-refractivity contribution is 5.99. The number of carboxylic acids is 1. The molecule has 0 fully saturated rings. The predicted molar refractivity (Wildman–Crippen MR) is 93.2 cm³/mol. The van der Waals surface area contributed by atoms with Crippen LogP contribution < -0.4 is 9.47 Å². The van der Waals surface area contributed by atoms with Gasteiger partial charge in [-0.2, -0.15) is 0 Å². The van der Waals surface area contributed by atoms with Crippen LogP contribution in [0.3, 0.4) is 0 Å². The minimum Gasteiger partial charge on any atom is -0.497 e. The molecule has 0 spiro atoms. The molecule has 0 heterocycles.